The number of hydrogen-bond acceptors (Lipinski definition) is 6. The summed E-state index contributed by atoms with van der Waals surface area (Å²) in [5.74, 6) is -0.0558. The number of thioether (sulfide) groups is 1. The summed E-state index contributed by atoms with van der Waals surface area (Å²) in [6.45, 7) is 0.0702. The van der Waals surface area contributed by atoms with Crippen molar-refractivity contribution in [3.05, 3.63) is 26.2 Å². The first-order valence-corrected chi connectivity index (χ1v) is 9.06. The van der Waals surface area contributed by atoms with E-state index in [1.165, 1.54) is 4.90 Å². The van der Waals surface area contributed by atoms with E-state index in [9.17, 15) is 9.59 Å². The summed E-state index contributed by atoms with van der Waals surface area (Å²) >= 11 is 8.45. The van der Waals surface area contributed by atoms with Gasteiger partial charge in [-0.1, -0.05) is 24.0 Å². The fourth-order valence-electron chi connectivity index (χ4n) is 2.07. The van der Waals surface area contributed by atoms with E-state index in [0.29, 0.717) is 20.7 Å². The Morgan fingerprint density at radius 1 is 1.42 bits per heavy atom. The zero-order valence-corrected chi connectivity index (χ0v) is 16.7. The first kappa shape index (κ1) is 19.0. The monoisotopic (exact) mass is 479 g/mol. The lowest BCUT2D eigenvalue weighted by molar-refractivity contribution is -0.137. The number of ether oxygens (including phenoxy) is 2. The molecule has 1 aromatic rings. The predicted octanol–water partition coefficient (Wildman–Crippen LogP) is 2.98. The quantitative estimate of drug-likeness (QED) is 0.382. The van der Waals surface area contributed by atoms with Crippen molar-refractivity contribution in [2.24, 2.45) is 0 Å². The van der Waals surface area contributed by atoms with Gasteiger partial charge in [0.2, 0.25) is 0 Å². The van der Waals surface area contributed by atoms with Gasteiger partial charge in [0.25, 0.3) is 5.91 Å². The van der Waals surface area contributed by atoms with Crippen molar-refractivity contribution in [1.29, 1.82) is 0 Å². The molecule has 0 aromatic heterocycles. The second kappa shape index (κ2) is 8.17. The molecule has 0 radical (unpaired) electrons. The number of carboxylic acids is 1. The van der Waals surface area contributed by atoms with Crippen LogP contribution in [-0.4, -0.2) is 47.0 Å². The second-order valence-electron chi connectivity index (χ2n) is 4.72. The van der Waals surface area contributed by atoms with Gasteiger partial charge in [0.15, 0.2) is 11.5 Å². The SMILES string of the molecule is COc1cc(C=C2SC(=S)N(CCC(=O)O)C2=O)cc(I)c1OC. The van der Waals surface area contributed by atoms with E-state index in [-0.39, 0.29) is 18.9 Å². The minimum atomic E-state index is -0.970. The molecule has 0 spiro atoms. The zero-order chi connectivity index (χ0) is 17.9. The summed E-state index contributed by atoms with van der Waals surface area (Å²) in [6.07, 6.45) is 1.57. The van der Waals surface area contributed by atoms with Crippen LogP contribution in [0.15, 0.2) is 17.0 Å². The molecule has 1 heterocycles. The largest absolute Gasteiger partial charge is 0.493 e. The highest BCUT2D eigenvalue weighted by Gasteiger charge is 2.32. The van der Waals surface area contributed by atoms with E-state index in [1.54, 1.807) is 26.4 Å². The van der Waals surface area contributed by atoms with E-state index in [2.05, 4.69) is 22.6 Å². The Labute approximate surface area is 162 Å². The molecule has 0 bridgehead atoms. The number of carbonyl (C=O) groups is 2. The summed E-state index contributed by atoms with van der Waals surface area (Å²) in [6, 6.07) is 3.64. The van der Waals surface area contributed by atoms with E-state index in [4.69, 9.17) is 26.8 Å². The van der Waals surface area contributed by atoms with Crippen LogP contribution < -0.4 is 9.47 Å². The van der Waals surface area contributed by atoms with Gasteiger partial charge in [0.1, 0.15) is 4.32 Å². The minimum Gasteiger partial charge on any atom is -0.493 e. The molecule has 0 saturated carbocycles. The smallest absolute Gasteiger partial charge is 0.305 e. The molecule has 0 unspecified atom stereocenters. The Bertz CT molecular complexity index is 735. The van der Waals surface area contributed by atoms with Crippen molar-refractivity contribution in [3.63, 3.8) is 0 Å². The average molecular weight is 479 g/mol. The molecule has 2 rings (SSSR count). The van der Waals surface area contributed by atoms with E-state index >= 15 is 0 Å². The molecule has 0 aliphatic carbocycles. The Morgan fingerprint density at radius 2 is 2.12 bits per heavy atom. The molecule has 1 aromatic carbocycles. The van der Waals surface area contributed by atoms with Gasteiger partial charge in [-0.3, -0.25) is 14.5 Å². The van der Waals surface area contributed by atoms with Gasteiger partial charge in [0, 0.05) is 6.54 Å². The highest BCUT2D eigenvalue weighted by molar-refractivity contribution is 14.1. The molecule has 6 nitrogen and oxygen atoms in total. The van der Waals surface area contributed by atoms with E-state index in [1.807, 2.05) is 6.07 Å². The van der Waals surface area contributed by atoms with Crippen LogP contribution in [0.2, 0.25) is 0 Å². The van der Waals surface area contributed by atoms with Crippen LogP contribution in [0.25, 0.3) is 6.08 Å². The first-order chi connectivity index (χ1) is 11.4. The minimum absolute atomic E-state index is 0.0702. The highest BCUT2D eigenvalue weighted by Crippen LogP contribution is 2.37. The van der Waals surface area contributed by atoms with E-state index in [0.717, 1.165) is 20.9 Å². The summed E-state index contributed by atoms with van der Waals surface area (Å²) in [4.78, 5) is 24.8. The molecule has 24 heavy (non-hydrogen) atoms. The predicted molar refractivity (Wildman–Crippen MR) is 104 cm³/mol. The number of nitrogens with zero attached hydrogens (tertiary/aromatic N) is 1. The number of halogens is 1. The van der Waals surface area contributed by atoms with Crippen molar-refractivity contribution < 1.29 is 24.2 Å². The maximum absolute atomic E-state index is 12.4. The van der Waals surface area contributed by atoms with Crippen molar-refractivity contribution in [2.75, 3.05) is 20.8 Å². The fraction of sp³-hybridized carbons (Fsp3) is 0.267. The topological polar surface area (TPSA) is 76.1 Å². The second-order valence-corrected chi connectivity index (χ2v) is 7.55. The summed E-state index contributed by atoms with van der Waals surface area (Å²) in [5, 5.41) is 8.76. The van der Waals surface area contributed by atoms with Gasteiger partial charge >= 0.3 is 5.97 Å². The van der Waals surface area contributed by atoms with Gasteiger partial charge in [0.05, 0.1) is 29.1 Å². The molecular weight excluding hydrogens is 465 g/mol. The number of carboxylic acid groups (broad SMARTS) is 1. The Morgan fingerprint density at radius 3 is 2.71 bits per heavy atom. The number of benzene rings is 1. The third-order valence-corrected chi connectivity index (χ3v) is 5.36. The van der Waals surface area contributed by atoms with Gasteiger partial charge in [-0.2, -0.15) is 0 Å². The molecule has 128 valence electrons. The molecule has 1 aliphatic rings. The fourth-order valence-corrected chi connectivity index (χ4v) is 4.23. The van der Waals surface area contributed by atoms with Crippen LogP contribution in [0, 0.1) is 3.57 Å². The number of amides is 1. The first-order valence-electron chi connectivity index (χ1n) is 6.76. The maximum atomic E-state index is 12.4. The molecule has 9 heteroatoms. The van der Waals surface area contributed by atoms with Gasteiger partial charge < -0.3 is 14.6 Å². The third kappa shape index (κ3) is 4.19. The Hall–Kier alpha value is -1.33. The van der Waals surface area contributed by atoms with Crippen LogP contribution >= 0.6 is 46.6 Å². The van der Waals surface area contributed by atoms with Crippen LogP contribution in [0.3, 0.4) is 0 Å². The molecule has 1 aliphatic heterocycles. The van der Waals surface area contributed by atoms with Crippen LogP contribution in [0.5, 0.6) is 11.5 Å². The highest BCUT2D eigenvalue weighted by atomic mass is 127. The van der Waals surface area contributed by atoms with Crippen LogP contribution in [0.1, 0.15) is 12.0 Å². The zero-order valence-electron chi connectivity index (χ0n) is 12.9. The lowest BCUT2D eigenvalue weighted by Gasteiger charge is -2.12. The summed E-state index contributed by atoms with van der Waals surface area (Å²) in [5.41, 5.74) is 0.774. The van der Waals surface area contributed by atoms with E-state index < -0.39 is 5.97 Å². The number of thiocarbonyl (C=S) groups is 1. The van der Waals surface area contributed by atoms with Gasteiger partial charge in [-0.05, 0) is 46.4 Å². The number of carbonyl (C=O) groups excluding carboxylic acids is 1. The number of methoxy groups -OCH3 is 2. The molecule has 1 saturated heterocycles. The molecule has 0 atom stereocenters. The normalized spacial score (nSPS) is 16.0. The molecular formula is C15H14INO5S2. The van der Waals surface area contributed by atoms with Gasteiger partial charge in [-0.15, -0.1) is 0 Å². The van der Waals surface area contributed by atoms with Crippen molar-refractivity contribution >= 4 is 68.8 Å². The van der Waals surface area contributed by atoms with Crippen LogP contribution in [-0.2, 0) is 9.59 Å². The Kier molecular flexibility index (Phi) is 6.47. The lowest BCUT2D eigenvalue weighted by atomic mass is 10.2. The lowest BCUT2D eigenvalue weighted by Crippen LogP contribution is -2.30. The number of aliphatic carboxylic acids is 1. The third-order valence-electron chi connectivity index (χ3n) is 3.18. The standard InChI is InChI=1S/C15H14INO5S2/c1-21-10-6-8(5-9(16)13(10)22-2)7-11-14(20)17(15(23)24-11)4-3-12(18)19/h5-7H,3-4H2,1-2H3,(H,18,19). The summed E-state index contributed by atoms with van der Waals surface area (Å²) < 4.78 is 11.8. The van der Waals surface area contributed by atoms with Crippen molar-refractivity contribution in [3.8, 4) is 11.5 Å². The van der Waals surface area contributed by atoms with Crippen LogP contribution in [0.4, 0.5) is 0 Å². The van der Waals surface area contributed by atoms with Crippen molar-refractivity contribution in [2.45, 2.75) is 6.42 Å². The number of hydrogen-bond donors (Lipinski definition) is 1. The maximum Gasteiger partial charge on any atom is 0.305 e. The molecule has 1 N–H and O–H groups in total. The summed E-state index contributed by atoms with van der Waals surface area (Å²) in [7, 11) is 3.11. The Balaban J connectivity index is 2.29. The molecule has 1 amide bonds. The average Bonchev–Trinajstić information content (AvgIpc) is 2.78. The van der Waals surface area contributed by atoms with Gasteiger partial charge in [-0.25, -0.2) is 0 Å². The van der Waals surface area contributed by atoms with Crippen molar-refractivity contribution in [1.82, 2.24) is 4.90 Å². The molecule has 1 fully saturated rings. The number of rotatable bonds is 6.